The summed E-state index contributed by atoms with van der Waals surface area (Å²) >= 11 is 0. The molecule has 0 radical (unpaired) electrons. The number of hydrogen-bond donors (Lipinski definition) is 2. The molecule has 102 valence electrons. The number of ether oxygens (including phenoxy) is 1. The predicted octanol–water partition coefficient (Wildman–Crippen LogP) is 0.522. The van der Waals surface area contributed by atoms with Crippen LogP contribution in [0.15, 0.2) is 30.3 Å². The fourth-order valence-electron chi connectivity index (χ4n) is 1.35. The van der Waals surface area contributed by atoms with E-state index in [2.05, 4.69) is 5.32 Å². The highest BCUT2D eigenvalue weighted by atomic mass is 32.2. The third-order valence-corrected chi connectivity index (χ3v) is 3.88. The molecule has 0 unspecified atom stereocenters. The minimum atomic E-state index is -3.17. The van der Waals surface area contributed by atoms with Gasteiger partial charge in [0, 0.05) is 12.2 Å². The lowest BCUT2D eigenvalue weighted by Crippen LogP contribution is -2.19. The average Bonchev–Trinajstić information content (AvgIpc) is 2.35. The molecule has 1 rings (SSSR count). The molecule has 0 atom stereocenters. The van der Waals surface area contributed by atoms with E-state index >= 15 is 0 Å². The lowest BCUT2D eigenvalue weighted by Gasteiger charge is -2.07. The lowest BCUT2D eigenvalue weighted by molar-refractivity contribution is 0.159. The average molecular weight is 273 g/mol. The molecule has 0 aliphatic rings. The first-order chi connectivity index (χ1) is 8.64. The van der Waals surface area contributed by atoms with Crippen LogP contribution in [0.3, 0.4) is 0 Å². The Hall–Kier alpha value is -1.11. The molecule has 0 aliphatic heterocycles. The van der Waals surface area contributed by atoms with Gasteiger partial charge in [-0.05, 0) is 12.1 Å². The van der Waals surface area contributed by atoms with Crippen molar-refractivity contribution in [2.75, 3.05) is 43.2 Å². The molecule has 0 amide bonds. The number of para-hydroxylation sites is 1. The van der Waals surface area contributed by atoms with Crippen molar-refractivity contribution in [2.45, 2.75) is 0 Å². The summed E-state index contributed by atoms with van der Waals surface area (Å²) in [5, 5.41) is 11.7. The van der Waals surface area contributed by atoms with E-state index in [0.717, 1.165) is 5.69 Å². The zero-order valence-corrected chi connectivity index (χ0v) is 11.0. The summed E-state index contributed by atoms with van der Waals surface area (Å²) in [6.07, 6.45) is 0. The van der Waals surface area contributed by atoms with Crippen LogP contribution >= 0.6 is 0 Å². The molecule has 0 fully saturated rings. The lowest BCUT2D eigenvalue weighted by atomic mass is 10.3. The van der Waals surface area contributed by atoms with E-state index in [9.17, 15) is 8.42 Å². The second kappa shape index (κ2) is 8.07. The molecule has 18 heavy (non-hydrogen) atoms. The van der Waals surface area contributed by atoms with E-state index in [1.165, 1.54) is 0 Å². The molecule has 0 saturated heterocycles. The zero-order chi connectivity index (χ0) is 13.3. The maximum atomic E-state index is 11.2. The predicted molar refractivity (Wildman–Crippen MR) is 71.5 cm³/mol. The van der Waals surface area contributed by atoms with Crippen molar-refractivity contribution in [3.63, 3.8) is 0 Å². The molecule has 0 aliphatic carbocycles. The highest BCUT2D eigenvalue weighted by molar-refractivity contribution is 7.91. The van der Waals surface area contributed by atoms with Crippen molar-refractivity contribution in [1.29, 1.82) is 0 Å². The van der Waals surface area contributed by atoms with Gasteiger partial charge >= 0.3 is 0 Å². The Kier molecular flexibility index (Phi) is 6.70. The quantitative estimate of drug-likeness (QED) is 0.642. The Morgan fingerprint density at radius 3 is 2.50 bits per heavy atom. The van der Waals surface area contributed by atoms with Crippen LogP contribution in [0.25, 0.3) is 0 Å². The van der Waals surface area contributed by atoms with Gasteiger partial charge in [-0.25, -0.2) is 8.42 Å². The summed E-state index contributed by atoms with van der Waals surface area (Å²) < 4.78 is 27.7. The van der Waals surface area contributed by atoms with Crippen LogP contribution in [-0.4, -0.2) is 51.4 Å². The molecule has 0 saturated carbocycles. The normalized spacial score (nSPS) is 11.4. The maximum absolute atomic E-state index is 11.2. The Morgan fingerprint density at radius 1 is 1.11 bits per heavy atom. The van der Waals surface area contributed by atoms with Crippen LogP contribution in [0, 0.1) is 0 Å². The van der Waals surface area contributed by atoms with E-state index in [4.69, 9.17) is 9.84 Å². The van der Waals surface area contributed by atoms with Crippen LogP contribution in [0.1, 0.15) is 0 Å². The Morgan fingerprint density at radius 2 is 1.83 bits per heavy atom. The third kappa shape index (κ3) is 6.58. The van der Waals surface area contributed by atoms with Crippen LogP contribution in [0.4, 0.5) is 5.69 Å². The van der Waals surface area contributed by atoms with Crippen molar-refractivity contribution >= 4 is 15.5 Å². The number of aliphatic hydroxyl groups is 1. The van der Waals surface area contributed by atoms with Crippen molar-refractivity contribution in [3.8, 4) is 0 Å². The highest BCUT2D eigenvalue weighted by Gasteiger charge is 2.08. The summed E-state index contributed by atoms with van der Waals surface area (Å²) in [7, 11) is -3.17. The second-order valence-electron chi connectivity index (χ2n) is 3.78. The Labute approximate surface area is 108 Å². The first kappa shape index (κ1) is 14.9. The molecule has 0 spiro atoms. The van der Waals surface area contributed by atoms with Crippen molar-refractivity contribution < 1.29 is 18.3 Å². The van der Waals surface area contributed by atoms with Gasteiger partial charge in [-0.2, -0.15) is 0 Å². The molecular weight excluding hydrogens is 254 g/mol. The second-order valence-corrected chi connectivity index (χ2v) is 6.08. The van der Waals surface area contributed by atoms with Crippen LogP contribution < -0.4 is 5.32 Å². The number of benzene rings is 1. The van der Waals surface area contributed by atoms with Crippen LogP contribution in [-0.2, 0) is 14.6 Å². The van der Waals surface area contributed by atoms with Crippen LogP contribution in [0.2, 0.25) is 0 Å². The molecule has 5 nitrogen and oxygen atoms in total. The largest absolute Gasteiger partial charge is 0.395 e. The fourth-order valence-corrected chi connectivity index (χ4v) is 2.21. The first-order valence-electron chi connectivity index (χ1n) is 5.82. The summed E-state index contributed by atoms with van der Waals surface area (Å²) in [4.78, 5) is 0. The molecule has 1 aromatic carbocycles. The zero-order valence-electron chi connectivity index (χ0n) is 10.2. The molecule has 1 aromatic rings. The van der Waals surface area contributed by atoms with Gasteiger partial charge in [-0.15, -0.1) is 0 Å². The molecule has 0 bridgehead atoms. The number of hydrogen-bond acceptors (Lipinski definition) is 5. The van der Waals surface area contributed by atoms with Crippen LogP contribution in [0.5, 0.6) is 0 Å². The van der Waals surface area contributed by atoms with Crippen molar-refractivity contribution in [3.05, 3.63) is 30.3 Å². The molecule has 2 N–H and O–H groups in total. The maximum Gasteiger partial charge on any atom is 0.154 e. The van der Waals surface area contributed by atoms with Crippen molar-refractivity contribution in [2.24, 2.45) is 0 Å². The van der Waals surface area contributed by atoms with Crippen molar-refractivity contribution in [1.82, 2.24) is 0 Å². The van der Waals surface area contributed by atoms with Gasteiger partial charge in [0.05, 0.1) is 31.3 Å². The summed E-state index contributed by atoms with van der Waals surface area (Å²) in [6.45, 7) is 0.907. The monoisotopic (exact) mass is 273 g/mol. The molecule has 6 heteroatoms. The van der Waals surface area contributed by atoms with Gasteiger partial charge in [-0.1, -0.05) is 18.2 Å². The number of sulfone groups is 1. The van der Waals surface area contributed by atoms with Gasteiger partial charge in [0.15, 0.2) is 9.84 Å². The number of aliphatic hydroxyl groups excluding tert-OH is 1. The van der Waals surface area contributed by atoms with Gasteiger partial charge in [0.25, 0.3) is 0 Å². The minimum absolute atomic E-state index is 0.0428. The van der Waals surface area contributed by atoms with E-state index in [0.29, 0.717) is 13.2 Å². The van der Waals surface area contributed by atoms with Gasteiger partial charge in [-0.3, -0.25) is 0 Å². The minimum Gasteiger partial charge on any atom is -0.395 e. The summed E-state index contributed by atoms with van der Waals surface area (Å²) in [6, 6.07) is 9.71. The highest BCUT2D eigenvalue weighted by Crippen LogP contribution is 2.03. The topological polar surface area (TPSA) is 75.6 Å². The molecule has 0 aromatic heterocycles. The number of nitrogens with one attached hydrogen (secondary N) is 1. The van der Waals surface area contributed by atoms with Gasteiger partial charge in [0.2, 0.25) is 0 Å². The Bertz CT molecular complexity index is 419. The van der Waals surface area contributed by atoms with E-state index in [-0.39, 0.29) is 24.7 Å². The smallest absolute Gasteiger partial charge is 0.154 e. The Balaban J connectivity index is 2.06. The van der Waals surface area contributed by atoms with Gasteiger partial charge in [0.1, 0.15) is 0 Å². The number of rotatable bonds is 9. The molecular formula is C12H19NO4S. The van der Waals surface area contributed by atoms with E-state index < -0.39 is 9.84 Å². The summed E-state index contributed by atoms with van der Waals surface area (Å²) in [5.41, 5.74) is 1.01. The third-order valence-electron chi connectivity index (χ3n) is 2.29. The SMILES string of the molecule is O=S(=O)(CCO)CCOCCNc1ccccc1. The molecule has 0 heterocycles. The van der Waals surface area contributed by atoms with Gasteiger partial charge < -0.3 is 15.2 Å². The fraction of sp³-hybridized carbons (Fsp3) is 0.500. The van der Waals surface area contributed by atoms with E-state index in [1.54, 1.807) is 0 Å². The number of anilines is 1. The summed E-state index contributed by atoms with van der Waals surface area (Å²) in [5.74, 6) is -0.239. The first-order valence-corrected chi connectivity index (χ1v) is 7.64. The van der Waals surface area contributed by atoms with E-state index in [1.807, 2.05) is 30.3 Å². The standard InChI is InChI=1S/C12H19NO4S/c14-7-10-18(15,16)11-9-17-8-6-13-12-4-2-1-3-5-12/h1-5,13-14H,6-11H2.